The summed E-state index contributed by atoms with van der Waals surface area (Å²) >= 11 is 0. The lowest BCUT2D eigenvalue weighted by molar-refractivity contribution is 0.0474. The van der Waals surface area contributed by atoms with Crippen molar-refractivity contribution in [2.24, 2.45) is 0 Å². The van der Waals surface area contributed by atoms with Crippen molar-refractivity contribution in [2.45, 2.75) is 6.92 Å². The molecule has 5 nitrogen and oxygen atoms in total. The van der Waals surface area contributed by atoms with Gasteiger partial charge in [-0.15, -0.1) is 0 Å². The van der Waals surface area contributed by atoms with Crippen molar-refractivity contribution in [3.8, 4) is 11.5 Å². The summed E-state index contributed by atoms with van der Waals surface area (Å²) in [5.41, 5.74) is 0.752. The fourth-order valence-electron chi connectivity index (χ4n) is 2.17. The number of esters is 1. The highest BCUT2D eigenvalue weighted by molar-refractivity contribution is 5.99. The zero-order valence-electron chi connectivity index (χ0n) is 13.9. The minimum absolute atomic E-state index is 0.0919. The Hall–Kier alpha value is -2.96. The van der Waals surface area contributed by atoms with Crippen molar-refractivity contribution in [3.63, 3.8) is 0 Å². The fourth-order valence-corrected chi connectivity index (χ4v) is 2.17. The number of halogens is 2. The lowest BCUT2D eigenvalue weighted by atomic mass is 10.1. The van der Waals surface area contributed by atoms with Gasteiger partial charge >= 0.3 is 5.97 Å². The predicted octanol–water partition coefficient (Wildman–Crippen LogP) is 3.33. The number of Topliss-reactive ketones (excluding diaryl/α,β-unsaturated/α-hetero) is 1. The number of hydrogen-bond donors (Lipinski definition) is 0. The van der Waals surface area contributed by atoms with E-state index in [2.05, 4.69) is 0 Å². The lowest BCUT2D eigenvalue weighted by Gasteiger charge is -2.12. The number of rotatable bonds is 6. The highest BCUT2D eigenvalue weighted by Crippen LogP contribution is 2.29. The molecular formula is C18H16F2O5. The van der Waals surface area contributed by atoms with Crippen LogP contribution in [0, 0.1) is 18.6 Å². The van der Waals surface area contributed by atoms with Gasteiger partial charge in [0.05, 0.1) is 19.8 Å². The summed E-state index contributed by atoms with van der Waals surface area (Å²) in [6.45, 7) is 1.15. The molecule has 0 aliphatic heterocycles. The number of methoxy groups -OCH3 is 2. The van der Waals surface area contributed by atoms with Crippen LogP contribution in [0.2, 0.25) is 0 Å². The van der Waals surface area contributed by atoms with E-state index >= 15 is 0 Å². The van der Waals surface area contributed by atoms with Crippen LogP contribution in [0.3, 0.4) is 0 Å². The van der Waals surface area contributed by atoms with Gasteiger partial charge in [0.1, 0.15) is 11.5 Å². The molecule has 0 unspecified atom stereocenters. The Morgan fingerprint density at radius 3 is 2.04 bits per heavy atom. The smallest absolute Gasteiger partial charge is 0.338 e. The molecule has 0 heterocycles. The van der Waals surface area contributed by atoms with Gasteiger partial charge in [-0.1, -0.05) is 0 Å². The highest BCUT2D eigenvalue weighted by Gasteiger charge is 2.17. The standard InChI is InChI=1S/C18H16F2O5/c1-10-16(23-2)7-12(8-17(10)24-3)18(22)25-9-15(21)11-4-5-13(19)14(20)6-11/h4-8H,9H2,1-3H3. The first-order valence-electron chi connectivity index (χ1n) is 7.25. The van der Waals surface area contributed by atoms with E-state index in [-0.39, 0.29) is 11.1 Å². The molecule has 0 aromatic heterocycles. The SMILES string of the molecule is COc1cc(C(=O)OCC(=O)c2ccc(F)c(F)c2)cc(OC)c1C. The van der Waals surface area contributed by atoms with Gasteiger partial charge in [0, 0.05) is 11.1 Å². The minimum Gasteiger partial charge on any atom is -0.496 e. The van der Waals surface area contributed by atoms with Crippen LogP contribution in [-0.2, 0) is 4.74 Å². The van der Waals surface area contributed by atoms with Crippen molar-refractivity contribution in [1.82, 2.24) is 0 Å². The van der Waals surface area contributed by atoms with E-state index in [4.69, 9.17) is 14.2 Å². The molecule has 0 amide bonds. The van der Waals surface area contributed by atoms with Crippen LogP contribution in [0.5, 0.6) is 11.5 Å². The average Bonchev–Trinajstić information content (AvgIpc) is 2.61. The number of ketones is 1. The second-order valence-electron chi connectivity index (χ2n) is 5.13. The van der Waals surface area contributed by atoms with E-state index < -0.39 is 30.0 Å². The molecule has 0 spiro atoms. The Morgan fingerprint density at radius 2 is 1.52 bits per heavy atom. The van der Waals surface area contributed by atoms with Crippen LogP contribution in [0.4, 0.5) is 8.78 Å². The molecule has 0 radical (unpaired) electrons. The zero-order valence-corrected chi connectivity index (χ0v) is 13.9. The minimum atomic E-state index is -1.15. The molecule has 7 heteroatoms. The second-order valence-corrected chi connectivity index (χ2v) is 5.13. The number of ether oxygens (including phenoxy) is 3. The van der Waals surface area contributed by atoms with E-state index in [1.165, 1.54) is 26.4 Å². The summed E-state index contributed by atoms with van der Waals surface area (Å²) in [6.07, 6.45) is 0. The Kier molecular flexibility index (Phi) is 5.69. The van der Waals surface area contributed by atoms with E-state index in [9.17, 15) is 18.4 Å². The lowest BCUT2D eigenvalue weighted by Crippen LogP contribution is -2.15. The average molecular weight is 350 g/mol. The summed E-state index contributed by atoms with van der Waals surface area (Å²) in [6, 6.07) is 5.63. The van der Waals surface area contributed by atoms with Crippen LogP contribution in [-0.4, -0.2) is 32.6 Å². The topological polar surface area (TPSA) is 61.8 Å². The summed E-state index contributed by atoms with van der Waals surface area (Å²) in [5.74, 6) is -2.78. The van der Waals surface area contributed by atoms with Gasteiger partial charge in [-0.25, -0.2) is 13.6 Å². The monoisotopic (exact) mass is 350 g/mol. The third kappa shape index (κ3) is 4.12. The number of benzene rings is 2. The number of carbonyl (C=O) groups excluding carboxylic acids is 2. The third-order valence-corrected chi connectivity index (χ3v) is 3.56. The van der Waals surface area contributed by atoms with Gasteiger partial charge in [-0.3, -0.25) is 4.79 Å². The van der Waals surface area contributed by atoms with Crippen LogP contribution in [0.1, 0.15) is 26.3 Å². The van der Waals surface area contributed by atoms with Crippen molar-refractivity contribution in [1.29, 1.82) is 0 Å². The predicted molar refractivity (Wildman–Crippen MR) is 85.3 cm³/mol. The first-order valence-corrected chi connectivity index (χ1v) is 7.25. The second kappa shape index (κ2) is 7.74. The molecule has 0 bridgehead atoms. The van der Waals surface area contributed by atoms with Crippen molar-refractivity contribution in [3.05, 3.63) is 58.7 Å². The van der Waals surface area contributed by atoms with E-state index in [0.29, 0.717) is 17.1 Å². The van der Waals surface area contributed by atoms with Gasteiger partial charge in [0.25, 0.3) is 0 Å². The molecule has 0 aliphatic carbocycles. The molecule has 2 aromatic rings. The Balaban J connectivity index is 2.12. The van der Waals surface area contributed by atoms with E-state index in [1.807, 2.05) is 0 Å². The van der Waals surface area contributed by atoms with Crippen molar-refractivity contribution >= 4 is 11.8 Å². The zero-order chi connectivity index (χ0) is 18.6. The van der Waals surface area contributed by atoms with Gasteiger partial charge in [0.15, 0.2) is 24.0 Å². The van der Waals surface area contributed by atoms with Crippen LogP contribution >= 0.6 is 0 Å². The molecule has 0 saturated carbocycles. The molecule has 132 valence electrons. The first-order chi connectivity index (χ1) is 11.9. The van der Waals surface area contributed by atoms with Crippen molar-refractivity contribution in [2.75, 3.05) is 20.8 Å². The summed E-state index contributed by atoms with van der Waals surface area (Å²) in [4.78, 5) is 24.1. The van der Waals surface area contributed by atoms with Gasteiger partial charge in [0.2, 0.25) is 0 Å². The molecule has 2 aromatic carbocycles. The van der Waals surface area contributed by atoms with Crippen LogP contribution < -0.4 is 9.47 Å². The van der Waals surface area contributed by atoms with E-state index in [1.54, 1.807) is 6.92 Å². The molecule has 0 N–H and O–H groups in total. The summed E-state index contributed by atoms with van der Waals surface area (Å²) < 4.78 is 41.3. The largest absolute Gasteiger partial charge is 0.496 e. The van der Waals surface area contributed by atoms with Gasteiger partial charge < -0.3 is 14.2 Å². The number of carbonyl (C=O) groups is 2. The maximum Gasteiger partial charge on any atom is 0.338 e. The molecule has 0 fully saturated rings. The molecule has 0 aliphatic rings. The highest BCUT2D eigenvalue weighted by atomic mass is 19.2. The first kappa shape index (κ1) is 18.4. The summed E-state index contributed by atoms with van der Waals surface area (Å²) in [5, 5.41) is 0. The Bertz CT molecular complexity index is 792. The molecule has 0 saturated heterocycles. The Labute approximate surface area is 143 Å². The quantitative estimate of drug-likeness (QED) is 0.591. The summed E-state index contributed by atoms with van der Waals surface area (Å²) in [7, 11) is 2.90. The number of hydrogen-bond acceptors (Lipinski definition) is 5. The van der Waals surface area contributed by atoms with Crippen LogP contribution in [0.15, 0.2) is 30.3 Å². The molecule has 2 rings (SSSR count). The molecule has 0 atom stereocenters. The third-order valence-electron chi connectivity index (χ3n) is 3.56. The van der Waals surface area contributed by atoms with Crippen LogP contribution in [0.25, 0.3) is 0 Å². The molecule has 25 heavy (non-hydrogen) atoms. The van der Waals surface area contributed by atoms with E-state index in [0.717, 1.165) is 18.2 Å². The van der Waals surface area contributed by atoms with Gasteiger partial charge in [-0.2, -0.15) is 0 Å². The molecular weight excluding hydrogens is 334 g/mol. The maximum atomic E-state index is 13.1. The maximum absolute atomic E-state index is 13.1. The van der Waals surface area contributed by atoms with Gasteiger partial charge in [-0.05, 0) is 37.3 Å². The van der Waals surface area contributed by atoms with Crippen molar-refractivity contribution < 1.29 is 32.6 Å². The fraction of sp³-hybridized carbons (Fsp3) is 0.222. The normalized spacial score (nSPS) is 10.3. The Morgan fingerprint density at radius 1 is 0.920 bits per heavy atom.